The molecule has 0 aliphatic carbocycles. The van der Waals surface area contributed by atoms with Crippen LogP contribution in [0.3, 0.4) is 0 Å². The van der Waals surface area contributed by atoms with Crippen molar-refractivity contribution < 1.29 is 5.11 Å². The summed E-state index contributed by atoms with van der Waals surface area (Å²) < 4.78 is 0. The van der Waals surface area contributed by atoms with E-state index in [4.69, 9.17) is 10.8 Å². The molecule has 122 valence electrons. The minimum atomic E-state index is 0. The van der Waals surface area contributed by atoms with Crippen LogP contribution in [-0.4, -0.2) is 24.8 Å². The van der Waals surface area contributed by atoms with Gasteiger partial charge in [0.15, 0.2) is 0 Å². The highest BCUT2D eigenvalue weighted by atomic mass is 35.5. The Bertz CT molecular complexity index is 515. The summed E-state index contributed by atoms with van der Waals surface area (Å²) in [6.45, 7) is 2.28. The fourth-order valence-electron chi connectivity index (χ4n) is 2.16. The van der Waals surface area contributed by atoms with Crippen molar-refractivity contribution in [2.24, 2.45) is 5.73 Å². The van der Waals surface area contributed by atoms with Gasteiger partial charge in [0, 0.05) is 13.1 Å². The number of rotatable bonds is 7. The van der Waals surface area contributed by atoms with Crippen LogP contribution in [0.2, 0.25) is 0 Å². The second-order valence-corrected chi connectivity index (χ2v) is 4.83. The summed E-state index contributed by atoms with van der Waals surface area (Å²) in [5.74, 6) is 0. The zero-order chi connectivity index (χ0) is 14.2. The van der Waals surface area contributed by atoms with Crippen molar-refractivity contribution >= 4 is 24.8 Å². The maximum Gasteiger partial charge on any atom is 0.0556 e. The Morgan fingerprint density at radius 3 is 1.77 bits per heavy atom. The second kappa shape index (κ2) is 11.5. The summed E-state index contributed by atoms with van der Waals surface area (Å²) in [6, 6.07) is 17.1. The summed E-state index contributed by atoms with van der Waals surface area (Å²) in [4.78, 5) is 0. The molecular formula is C17H24Cl2N2O. The molecule has 0 aliphatic heterocycles. The van der Waals surface area contributed by atoms with Crippen LogP contribution >= 0.6 is 24.8 Å². The summed E-state index contributed by atoms with van der Waals surface area (Å²) in [5, 5.41) is 11.9. The Morgan fingerprint density at radius 1 is 0.818 bits per heavy atom. The van der Waals surface area contributed by atoms with Crippen LogP contribution in [-0.2, 0) is 13.0 Å². The highest BCUT2D eigenvalue weighted by Crippen LogP contribution is 2.20. The Morgan fingerprint density at radius 2 is 1.32 bits per heavy atom. The Hall–Kier alpha value is -1.10. The molecule has 0 atom stereocenters. The van der Waals surface area contributed by atoms with Crippen molar-refractivity contribution in [3.05, 3.63) is 59.7 Å². The van der Waals surface area contributed by atoms with E-state index in [0.29, 0.717) is 13.1 Å². The predicted molar refractivity (Wildman–Crippen MR) is 97.9 cm³/mol. The number of hydrogen-bond acceptors (Lipinski definition) is 3. The average molecular weight is 343 g/mol. The lowest BCUT2D eigenvalue weighted by Crippen LogP contribution is -2.17. The molecule has 5 heteroatoms. The molecule has 2 rings (SSSR count). The molecule has 0 spiro atoms. The van der Waals surface area contributed by atoms with E-state index in [9.17, 15) is 0 Å². The molecule has 0 unspecified atom stereocenters. The highest BCUT2D eigenvalue weighted by Gasteiger charge is 1.99. The van der Waals surface area contributed by atoms with Gasteiger partial charge >= 0.3 is 0 Å². The Labute approximate surface area is 144 Å². The van der Waals surface area contributed by atoms with Gasteiger partial charge in [0.1, 0.15) is 0 Å². The molecule has 2 aromatic rings. The third kappa shape index (κ3) is 6.34. The first-order valence-corrected chi connectivity index (χ1v) is 7.03. The lowest BCUT2D eigenvalue weighted by atomic mass is 10.0. The van der Waals surface area contributed by atoms with Crippen LogP contribution in [0.5, 0.6) is 0 Å². The number of nitrogens with two attached hydrogens (primary N) is 1. The van der Waals surface area contributed by atoms with Gasteiger partial charge in [-0.3, -0.25) is 0 Å². The third-order valence-electron chi connectivity index (χ3n) is 3.29. The Kier molecular flexibility index (Phi) is 10.9. The van der Waals surface area contributed by atoms with Gasteiger partial charge < -0.3 is 16.2 Å². The van der Waals surface area contributed by atoms with Gasteiger partial charge in [0.05, 0.1) is 6.61 Å². The van der Waals surface area contributed by atoms with Crippen molar-refractivity contribution in [2.45, 2.75) is 13.0 Å². The number of aliphatic hydroxyl groups excluding tert-OH is 1. The molecule has 2 aromatic carbocycles. The molecule has 0 heterocycles. The van der Waals surface area contributed by atoms with E-state index >= 15 is 0 Å². The van der Waals surface area contributed by atoms with E-state index in [1.165, 1.54) is 22.3 Å². The van der Waals surface area contributed by atoms with Gasteiger partial charge in [-0.25, -0.2) is 0 Å². The number of halogens is 2. The van der Waals surface area contributed by atoms with E-state index in [1.807, 2.05) is 0 Å². The van der Waals surface area contributed by atoms with E-state index < -0.39 is 0 Å². The molecule has 22 heavy (non-hydrogen) atoms. The number of hydrogen-bond donors (Lipinski definition) is 3. The van der Waals surface area contributed by atoms with Crippen LogP contribution < -0.4 is 11.1 Å². The zero-order valence-corrected chi connectivity index (χ0v) is 14.1. The first-order chi connectivity index (χ1) is 9.83. The van der Waals surface area contributed by atoms with Crippen molar-refractivity contribution in [1.29, 1.82) is 0 Å². The van der Waals surface area contributed by atoms with Crippen LogP contribution in [0.1, 0.15) is 11.1 Å². The summed E-state index contributed by atoms with van der Waals surface area (Å²) in [5.41, 5.74) is 10.5. The lowest BCUT2D eigenvalue weighted by Gasteiger charge is -2.06. The monoisotopic (exact) mass is 342 g/mol. The van der Waals surface area contributed by atoms with Crippen molar-refractivity contribution in [2.75, 3.05) is 19.7 Å². The highest BCUT2D eigenvalue weighted by molar-refractivity contribution is 5.85. The van der Waals surface area contributed by atoms with E-state index in [1.54, 1.807) is 0 Å². The van der Waals surface area contributed by atoms with Gasteiger partial charge in [-0.1, -0.05) is 48.5 Å². The molecule has 0 bridgehead atoms. The first-order valence-electron chi connectivity index (χ1n) is 7.03. The minimum absolute atomic E-state index is 0. The number of benzene rings is 2. The molecule has 4 N–H and O–H groups in total. The predicted octanol–water partition coefficient (Wildman–Crippen LogP) is 2.78. The van der Waals surface area contributed by atoms with Crippen molar-refractivity contribution in [1.82, 2.24) is 5.32 Å². The summed E-state index contributed by atoms with van der Waals surface area (Å²) in [6.07, 6.45) is 0.926. The van der Waals surface area contributed by atoms with Crippen molar-refractivity contribution in [3.63, 3.8) is 0 Å². The van der Waals surface area contributed by atoms with Gasteiger partial charge in [-0.2, -0.15) is 0 Å². The SMILES string of the molecule is Cl.Cl.NCCc1ccc(-c2ccc(CNCCO)cc2)cc1. The maximum absolute atomic E-state index is 8.73. The number of aliphatic hydroxyl groups is 1. The second-order valence-electron chi connectivity index (χ2n) is 4.83. The molecule has 0 saturated heterocycles. The third-order valence-corrected chi connectivity index (χ3v) is 3.29. The van der Waals surface area contributed by atoms with Crippen LogP contribution in [0, 0.1) is 0 Å². The summed E-state index contributed by atoms with van der Waals surface area (Å²) in [7, 11) is 0. The first kappa shape index (κ1) is 20.9. The molecular weight excluding hydrogens is 319 g/mol. The molecule has 0 aliphatic rings. The average Bonchev–Trinajstić information content (AvgIpc) is 2.49. The smallest absolute Gasteiger partial charge is 0.0556 e. The Balaban J connectivity index is 0.00000220. The van der Waals surface area contributed by atoms with Gasteiger partial charge in [-0.15, -0.1) is 24.8 Å². The summed E-state index contributed by atoms with van der Waals surface area (Å²) >= 11 is 0. The lowest BCUT2D eigenvalue weighted by molar-refractivity contribution is 0.292. The topological polar surface area (TPSA) is 58.3 Å². The van der Waals surface area contributed by atoms with Gasteiger partial charge in [0.2, 0.25) is 0 Å². The van der Waals surface area contributed by atoms with Crippen LogP contribution in [0.15, 0.2) is 48.5 Å². The molecule has 0 saturated carbocycles. The van der Waals surface area contributed by atoms with Crippen LogP contribution in [0.4, 0.5) is 0 Å². The normalized spacial score (nSPS) is 9.73. The zero-order valence-electron chi connectivity index (χ0n) is 12.5. The van der Waals surface area contributed by atoms with Gasteiger partial charge in [-0.05, 0) is 35.2 Å². The standard InChI is InChI=1S/C17H22N2O.2ClH/c18-10-9-14-1-5-16(6-2-14)17-7-3-15(4-8-17)13-19-11-12-20;;/h1-8,19-20H,9-13,18H2;2*1H. The molecule has 0 amide bonds. The molecule has 0 aromatic heterocycles. The van der Waals surface area contributed by atoms with Crippen molar-refractivity contribution in [3.8, 4) is 11.1 Å². The van der Waals surface area contributed by atoms with Gasteiger partial charge in [0.25, 0.3) is 0 Å². The minimum Gasteiger partial charge on any atom is -0.395 e. The fourth-order valence-corrected chi connectivity index (χ4v) is 2.16. The maximum atomic E-state index is 8.73. The molecule has 3 nitrogen and oxygen atoms in total. The van der Waals surface area contributed by atoms with E-state index in [2.05, 4.69) is 53.8 Å². The molecule has 0 radical (unpaired) electrons. The quantitative estimate of drug-likeness (QED) is 0.678. The number of nitrogens with one attached hydrogen (secondary N) is 1. The van der Waals surface area contributed by atoms with Crippen LogP contribution in [0.25, 0.3) is 11.1 Å². The largest absolute Gasteiger partial charge is 0.395 e. The van der Waals surface area contributed by atoms with E-state index in [0.717, 1.165) is 13.0 Å². The van der Waals surface area contributed by atoms with E-state index in [-0.39, 0.29) is 31.4 Å². The fraction of sp³-hybridized carbons (Fsp3) is 0.294. The molecule has 0 fully saturated rings.